The van der Waals surface area contributed by atoms with Crippen LogP contribution in [0.1, 0.15) is 12.5 Å². The minimum absolute atomic E-state index is 0.123. The van der Waals surface area contributed by atoms with Crippen LogP contribution in [0.3, 0.4) is 0 Å². The highest BCUT2D eigenvalue weighted by Crippen LogP contribution is 2.37. The van der Waals surface area contributed by atoms with E-state index in [0.717, 1.165) is 4.47 Å². The summed E-state index contributed by atoms with van der Waals surface area (Å²) < 4.78 is 11.3. The molecule has 0 bridgehead atoms. The molecule has 2 rings (SSSR count). The van der Waals surface area contributed by atoms with Crippen LogP contribution in [-0.4, -0.2) is 19.2 Å². The van der Waals surface area contributed by atoms with Crippen molar-refractivity contribution in [3.63, 3.8) is 0 Å². The molecule has 1 aromatic rings. The zero-order valence-corrected chi connectivity index (χ0v) is 10.4. The van der Waals surface area contributed by atoms with E-state index in [1.807, 2.05) is 6.07 Å². The van der Waals surface area contributed by atoms with Crippen LogP contribution in [0.15, 0.2) is 22.7 Å². The molecule has 2 N–H and O–H groups in total. The number of fused-ring (bicyclic) bond motifs is 1. The van der Waals surface area contributed by atoms with Crippen LogP contribution in [-0.2, 0) is 15.1 Å². The van der Waals surface area contributed by atoms with E-state index in [4.69, 9.17) is 15.2 Å². The zero-order valence-electron chi connectivity index (χ0n) is 8.83. The van der Waals surface area contributed by atoms with Gasteiger partial charge in [0.05, 0.1) is 6.61 Å². The van der Waals surface area contributed by atoms with E-state index < -0.39 is 11.5 Å². The van der Waals surface area contributed by atoms with Crippen LogP contribution in [0.4, 0.5) is 0 Å². The molecule has 0 radical (unpaired) electrons. The molecule has 86 valence electrons. The molecule has 0 fully saturated rings. The van der Waals surface area contributed by atoms with Gasteiger partial charge in [-0.05, 0) is 19.1 Å². The number of hydrogen-bond acceptors (Lipinski definition) is 4. The summed E-state index contributed by atoms with van der Waals surface area (Å²) in [6.07, 6.45) is 0. The highest BCUT2D eigenvalue weighted by Gasteiger charge is 2.45. The van der Waals surface area contributed by atoms with Crippen molar-refractivity contribution in [2.24, 2.45) is 5.73 Å². The number of carbonyl (C=O) groups excluding carboxylic acids is 1. The summed E-state index contributed by atoms with van der Waals surface area (Å²) in [5.74, 6) is 0.181. The maximum atomic E-state index is 11.8. The van der Waals surface area contributed by atoms with Crippen LogP contribution >= 0.6 is 15.9 Å². The molecule has 1 aliphatic rings. The number of halogens is 1. The summed E-state index contributed by atoms with van der Waals surface area (Å²) in [5.41, 5.74) is 5.54. The number of esters is 1. The van der Waals surface area contributed by atoms with Gasteiger partial charge in [-0.2, -0.15) is 0 Å². The van der Waals surface area contributed by atoms with Crippen molar-refractivity contribution in [2.75, 3.05) is 13.2 Å². The second kappa shape index (κ2) is 4.07. The van der Waals surface area contributed by atoms with Gasteiger partial charge in [0.15, 0.2) is 5.54 Å². The third-order valence-corrected chi connectivity index (χ3v) is 3.01. The Kier molecular flexibility index (Phi) is 2.90. The van der Waals surface area contributed by atoms with Crippen molar-refractivity contribution >= 4 is 21.9 Å². The molecule has 0 spiro atoms. The van der Waals surface area contributed by atoms with Gasteiger partial charge in [-0.15, -0.1) is 0 Å². The molecule has 1 aliphatic heterocycles. The molecule has 5 heteroatoms. The van der Waals surface area contributed by atoms with Crippen LogP contribution in [0.5, 0.6) is 5.75 Å². The molecule has 1 heterocycles. The van der Waals surface area contributed by atoms with E-state index in [1.165, 1.54) is 0 Å². The summed E-state index contributed by atoms with van der Waals surface area (Å²) >= 11 is 3.33. The highest BCUT2D eigenvalue weighted by atomic mass is 79.9. The summed E-state index contributed by atoms with van der Waals surface area (Å²) in [4.78, 5) is 11.8. The fourth-order valence-electron chi connectivity index (χ4n) is 1.68. The molecular formula is C11H12BrNO3. The second-order valence-electron chi connectivity index (χ2n) is 3.62. The Morgan fingerprint density at radius 3 is 3.12 bits per heavy atom. The molecule has 0 amide bonds. The molecule has 0 aromatic heterocycles. The van der Waals surface area contributed by atoms with E-state index in [0.29, 0.717) is 17.9 Å². The van der Waals surface area contributed by atoms with Crippen molar-refractivity contribution < 1.29 is 14.3 Å². The first-order valence-electron chi connectivity index (χ1n) is 4.97. The maximum absolute atomic E-state index is 11.8. The van der Waals surface area contributed by atoms with Crippen LogP contribution < -0.4 is 10.5 Å². The Labute approximate surface area is 102 Å². The van der Waals surface area contributed by atoms with Crippen LogP contribution in [0.25, 0.3) is 0 Å². The minimum Gasteiger partial charge on any atom is -0.490 e. The van der Waals surface area contributed by atoms with E-state index in [1.54, 1.807) is 19.1 Å². The topological polar surface area (TPSA) is 61.5 Å². The lowest BCUT2D eigenvalue weighted by molar-refractivity contribution is -0.150. The van der Waals surface area contributed by atoms with Crippen LogP contribution in [0, 0.1) is 0 Å². The Morgan fingerprint density at radius 2 is 2.44 bits per heavy atom. The Balaban J connectivity index is 2.38. The summed E-state index contributed by atoms with van der Waals surface area (Å²) in [5, 5.41) is 0. The number of hydrogen-bond donors (Lipinski definition) is 1. The molecule has 0 saturated heterocycles. The predicted molar refractivity (Wildman–Crippen MR) is 62.1 cm³/mol. The predicted octanol–water partition coefficient (Wildman–Crippen LogP) is 1.56. The third-order valence-electron chi connectivity index (χ3n) is 2.52. The van der Waals surface area contributed by atoms with Crippen molar-refractivity contribution in [1.82, 2.24) is 0 Å². The van der Waals surface area contributed by atoms with E-state index >= 15 is 0 Å². The molecule has 0 saturated carbocycles. The smallest absolute Gasteiger partial charge is 0.334 e. The highest BCUT2D eigenvalue weighted by molar-refractivity contribution is 9.10. The molecule has 1 atom stereocenters. The quantitative estimate of drug-likeness (QED) is 0.838. The van der Waals surface area contributed by atoms with Gasteiger partial charge in [0.1, 0.15) is 12.4 Å². The summed E-state index contributed by atoms with van der Waals surface area (Å²) in [6.45, 7) is 2.18. The molecule has 1 aromatic carbocycles. The van der Waals surface area contributed by atoms with Gasteiger partial charge in [-0.1, -0.05) is 22.0 Å². The summed E-state index contributed by atoms with van der Waals surface area (Å²) in [6, 6.07) is 5.40. The molecule has 0 unspecified atom stereocenters. The largest absolute Gasteiger partial charge is 0.490 e. The van der Waals surface area contributed by atoms with Crippen LogP contribution in [0.2, 0.25) is 0 Å². The molecule has 0 aliphatic carbocycles. The van der Waals surface area contributed by atoms with Gasteiger partial charge in [0.25, 0.3) is 0 Å². The average molecular weight is 286 g/mol. The van der Waals surface area contributed by atoms with Crippen molar-refractivity contribution in [1.29, 1.82) is 0 Å². The number of ether oxygens (including phenoxy) is 2. The number of nitrogens with two attached hydrogens (primary N) is 1. The van der Waals surface area contributed by atoms with Crippen molar-refractivity contribution in [2.45, 2.75) is 12.5 Å². The first-order chi connectivity index (χ1) is 7.58. The third kappa shape index (κ3) is 1.70. The van der Waals surface area contributed by atoms with Crippen molar-refractivity contribution in [3.8, 4) is 5.75 Å². The average Bonchev–Trinajstić information content (AvgIpc) is 2.58. The van der Waals surface area contributed by atoms with Gasteiger partial charge >= 0.3 is 5.97 Å². The zero-order chi connectivity index (χ0) is 11.8. The molecule has 16 heavy (non-hydrogen) atoms. The number of rotatable bonds is 2. The van der Waals surface area contributed by atoms with E-state index in [-0.39, 0.29) is 6.61 Å². The van der Waals surface area contributed by atoms with E-state index in [2.05, 4.69) is 15.9 Å². The van der Waals surface area contributed by atoms with Gasteiger partial charge in [0.2, 0.25) is 0 Å². The minimum atomic E-state index is -1.17. The lowest BCUT2D eigenvalue weighted by atomic mass is 9.93. The lowest BCUT2D eigenvalue weighted by Crippen LogP contribution is -2.47. The Bertz CT molecular complexity index is 435. The summed E-state index contributed by atoms with van der Waals surface area (Å²) in [7, 11) is 0. The normalized spacial score (nSPS) is 22.4. The van der Waals surface area contributed by atoms with Gasteiger partial charge in [-0.3, -0.25) is 0 Å². The lowest BCUT2D eigenvalue weighted by Gasteiger charge is -2.19. The fourth-order valence-corrected chi connectivity index (χ4v) is 2.02. The van der Waals surface area contributed by atoms with E-state index in [9.17, 15) is 4.79 Å². The van der Waals surface area contributed by atoms with Gasteiger partial charge < -0.3 is 15.2 Å². The Morgan fingerprint density at radius 1 is 1.69 bits per heavy atom. The second-order valence-corrected chi connectivity index (χ2v) is 4.54. The van der Waals surface area contributed by atoms with Gasteiger partial charge in [0, 0.05) is 10.0 Å². The van der Waals surface area contributed by atoms with Crippen molar-refractivity contribution in [3.05, 3.63) is 28.2 Å². The number of carbonyl (C=O) groups is 1. The molecular weight excluding hydrogens is 274 g/mol. The maximum Gasteiger partial charge on any atom is 0.334 e. The van der Waals surface area contributed by atoms with Gasteiger partial charge in [-0.25, -0.2) is 4.79 Å². The fraction of sp³-hybridized carbons (Fsp3) is 0.364. The first-order valence-corrected chi connectivity index (χ1v) is 5.76. The molecule has 4 nitrogen and oxygen atoms in total. The SMILES string of the molecule is CCOC(=O)[C@]1(N)COc2cc(Br)ccc21. The Hall–Kier alpha value is -1.07. The number of benzene rings is 1. The first kappa shape index (κ1) is 11.4. The monoisotopic (exact) mass is 285 g/mol. The standard InChI is InChI=1S/C11H12BrNO3/c1-2-15-10(14)11(13)6-16-9-5-7(12)3-4-8(9)11/h3-5H,2,6,13H2,1H3/t11-/m0/s1.